The highest BCUT2D eigenvalue weighted by Crippen LogP contribution is 2.60. The Kier molecular flexibility index (Phi) is 4.94. The molecule has 1 aliphatic carbocycles. The van der Waals surface area contributed by atoms with Gasteiger partial charge in [-0.2, -0.15) is 0 Å². The number of aromatic hydroxyl groups is 2. The molecule has 3 fully saturated rings. The Bertz CT molecular complexity index is 1580. The van der Waals surface area contributed by atoms with Crippen molar-refractivity contribution >= 4 is 34.2 Å². The summed E-state index contributed by atoms with van der Waals surface area (Å²) in [5, 5.41) is 32.8. The first-order valence-corrected chi connectivity index (χ1v) is 13.1. The van der Waals surface area contributed by atoms with E-state index in [-0.39, 0.29) is 52.6 Å². The number of ether oxygens (including phenoxy) is 4. The lowest BCUT2D eigenvalue weighted by atomic mass is 9.62. The standard InChI is InChI=1S/C28H27NO11/c1-11-15(30)4-5-18(38-11)40-27-10-37-26(2)8-17(32)39-28(26,27)24(35)21-13(23(27)34)6-12-7-16(31)20-14(19(12)22(21)33)9-29(3)25(20)36/h6-7,11,15,18,30-31,33H,4-5,8-10H2,1-3H3/t11-,15-,18-,26-,27+,28+/m0/s1. The first-order valence-electron chi connectivity index (χ1n) is 13.1. The molecular formula is C28H27NO11. The second kappa shape index (κ2) is 7.78. The topological polar surface area (TPSA) is 169 Å². The smallest absolute Gasteiger partial charge is 0.310 e. The first-order chi connectivity index (χ1) is 18.8. The molecular weight excluding hydrogens is 526 g/mol. The van der Waals surface area contributed by atoms with Crippen molar-refractivity contribution in [2.45, 2.75) is 75.0 Å². The van der Waals surface area contributed by atoms with Crippen molar-refractivity contribution in [1.29, 1.82) is 0 Å². The number of hydrogen-bond acceptors (Lipinski definition) is 11. The zero-order valence-electron chi connectivity index (χ0n) is 22.0. The maximum Gasteiger partial charge on any atom is 0.310 e. The number of phenolic OH excluding ortho intramolecular Hbond substituents is 2. The number of nitrogens with zero attached hydrogens (tertiary/aromatic N) is 1. The molecule has 0 saturated carbocycles. The van der Waals surface area contributed by atoms with Crippen molar-refractivity contribution < 1.29 is 53.4 Å². The number of ketones is 2. The third-order valence-electron chi connectivity index (χ3n) is 9.19. The quantitative estimate of drug-likeness (QED) is 0.459. The maximum atomic E-state index is 14.6. The molecule has 210 valence electrons. The molecule has 3 N–H and O–H groups in total. The van der Waals surface area contributed by atoms with Crippen LogP contribution in [0.4, 0.5) is 0 Å². The fourth-order valence-electron chi connectivity index (χ4n) is 7.17. The van der Waals surface area contributed by atoms with E-state index in [9.17, 15) is 34.5 Å². The Morgan fingerprint density at radius 2 is 1.82 bits per heavy atom. The van der Waals surface area contributed by atoms with Crippen molar-refractivity contribution in [2.24, 2.45) is 0 Å². The number of rotatable bonds is 2. The third kappa shape index (κ3) is 2.79. The summed E-state index contributed by atoms with van der Waals surface area (Å²) < 4.78 is 23.9. The molecule has 12 nitrogen and oxygen atoms in total. The molecule has 6 atom stereocenters. The minimum atomic E-state index is -2.26. The number of hydrogen-bond donors (Lipinski definition) is 3. The van der Waals surface area contributed by atoms with E-state index in [1.165, 1.54) is 31.0 Å². The molecule has 4 aliphatic heterocycles. The normalized spacial score (nSPS) is 36.5. The van der Waals surface area contributed by atoms with E-state index in [1.54, 1.807) is 6.92 Å². The average molecular weight is 554 g/mol. The van der Waals surface area contributed by atoms with Gasteiger partial charge >= 0.3 is 5.97 Å². The fourth-order valence-corrected chi connectivity index (χ4v) is 7.17. The van der Waals surface area contributed by atoms with Crippen molar-refractivity contribution in [3.63, 3.8) is 0 Å². The first kappa shape index (κ1) is 25.4. The summed E-state index contributed by atoms with van der Waals surface area (Å²) in [6.07, 6.45) is -2.20. The molecule has 2 aromatic rings. The predicted molar refractivity (Wildman–Crippen MR) is 133 cm³/mol. The number of carbonyl (C=O) groups excluding carboxylic acids is 4. The maximum absolute atomic E-state index is 14.6. The highest BCUT2D eigenvalue weighted by Gasteiger charge is 2.83. The van der Waals surface area contributed by atoms with Crippen molar-refractivity contribution in [2.75, 3.05) is 13.7 Å². The molecule has 1 spiro atoms. The number of fused-ring (bicyclic) bond motifs is 4. The lowest BCUT2D eigenvalue weighted by molar-refractivity contribution is -0.268. The monoisotopic (exact) mass is 553 g/mol. The molecule has 1 amide bonds. The molecule has 4 heterocycles. The van der Waals surface area contributed by atoms with Crippen LogP contribution in [0.2, 0.25) is 0 Å². The van der Waals surface area contributed by atoms with Gasteiger partial charge in [0.2, 0.25) is 22.8 Å². The van der Waals surface area contributed by atoms with Gasteiger partial charge in [-0.1, -0.05) is 0 Å². The molecule has 0 unspecified atom stereocenters. The molecule has 0 aromatic heterocycles. The van der Waals surface area contributed by atoms with E-state index < -0.39 is 71.1 Å². The SMILES string of the molecule is C[C@@H]1O[C@@H](O[C@@]23CO[C@@]4(C)CC(=O)O[C@]42C(=O)c2c(cc4cc(O)c5c(c4c2O)CN(C)C5=O)C3=O)CC[C@@H]1O. The van der Waals surface area contributed by atoms with Crippen LogP contribution in [0.1, 0.15) is 69.7 Å². The van der Waals surface area contributed by atoms with Crippen LogP contribution in [-0.4, -0.2) is 92.6 Å². The van der Waals surface area contributed by atoms with Gasteiger partial charge in [0.1, 0.15) is 17.1 Å². The van der Waals surface area contributed by atoms with Gasteiger partial charge in [-0.15, -0.1) is 0 Å². The van der Waals surface area contributed by atoms with Crippen molar-refractivity contribution in [3.8, 4) is 11.5 Å². The zero-order valence-corrected chi connectivity index (χ0v) is 22.0. The van der Waals surface area contributed by atoms with Crippen LogP contribution in [0.15, 0.2) is 12.1 Å². The Labute approximate surface area is 227 Å². The molecule has 7 rings (SSSR count). The summed E-state index contributed by atoms with van der Waals surface area (Å²) in [7, 11) is 1.54. The minimum absolute atomic E-state index is 0.00256. The Morgan fingerprint density at radius 1 is 1.07 bits per heavy atom. The number of amides is 1. The Morgan fingerprint density at radius 3 is 2.55 bits per heavy atom. The minimum Gasteiger partial charge on any atom is -0.507 e. The average Bonchev–Trinajstić information content (AvgIpc) is 3.43. The molecule has 0 radical (unpaired) electrons. The predicted octanol–water partition coefficient (Wildman–Crippen LogP) is 1.33. The van der Waals surface area contributed by atoms with Crippen LogP contribution in [0.5, 0.6) is 11.5 Å². The lowest BCUT2D eigenvalue weighted by Crippen LogP contribution is -2.72. The summed E-state index contributed by atoms with van der Waals surface area (Å²) >= 11 is 0. The van der Waals surface area contributed by atoms with E-state index in [1.807, 2.05) is 0 Å². The highest BCUT2D eigenvalue weighted by atomic mass is 16.7. The van der Waals surface area contributed by atoms with Crippen LogP contribution in [0.3, 0.4) is 0 Å². The largest absolute Gasteiger partial charge is 0.507 e. The zero-order chi connectivity index (χ0) is 28.5. The number of esters is 1. The van der Waals surface area contributed by atoms with E-state index >= 15 is 0 Å². The molecule has 12 heteroatoms. The summed E-state index contributed by atoms with van der Waals surface area (Å²) in [6.45, 7) is 2.78. The second-order valence-electron chi connectivity index (χ2n) is 11.5. The molecule has 0 bridgehead atoms. The van der Waals surface area contributed by atoms with E-state index in [2.05, 4.69) is 0 Å². The van der Waals surface area contributed by atoms with Gasteiger partial charge in [-0.3, -0.25) is 19.2 Å². The van der Waals surface area contributed by atoms with Gasteiger partial charge in [0.15, 0.2) is 6.29 Å². The number of aliphatic hydroxyl groups is 1. The Hall–Kier alpha value is -3.58. The fraction of sp³-hybridized carbons (Fsp3) is 0.500. The van der Waals surface area contributed by atoms with Crippen LogP contribution in [0, 0.1) is 0 Å². The van der Waals surface area contributed by atoms with E-state index in [0.717, 1.165) is 0 Å². The van der Waals surface area contributed by atoms with Gasteiger partial charge in [0.05, 0.1) is 36.4 Å². The van der Waals surface area contributed by atoms with E-state index in [4.69, 9.17) is 18.9 Å². The second-order valence-corrected chi connectivity index (χ2v) is 11.5. The van der Waals surface area contributed by atoms with Gasteiger partial charge in [0, 0.05) is 31.0 Å². The van der Waals surface area contributed by atoms with Gasteiger partial charge in [-0.05, 0) is 43.4 Å². The van der Waals surface area contributed by atoms with Gasteiger partial charge in [0.25, 0.3) is 5.91 Å². The molecule has 3 saturated heterocycles. The van der Waals surface area contributed by atoms with Crippen LogP contribution < -0.4 is 0 Å². The summed E-state index contributed by atoms with van der Waals surface area (Å²) in [4.78, 5) is 55.8. The molecule has 5 aliphatic rings. The summed E-state index contributed by atoms with van der Waals surface area (Å²) in [5.74, 6) is -3.72. The van der Waals surface area contributed by atoms with Crippen LogP contribution in [-0.2, 0) is 30.3 Å². The third-order valence-corrected chi connectivity index (χ3v) is 9.19. The summed E-state index contributed by atoms with van der Waals surface area (Å²) in [6, 6.07) is 2.63. The van der Waals surface area contributed by atoms with Gasteiger partial charge in [-0.25, -0.2) is 0 Å². The molecule has 2 aromatic carbocycles. The van der Waals surface area contributed by atoms with Gasteiger partial charge < -0.3 is 39.2 Å². The number of phenols is 2. The highest BCUT2D eigenvalue weighted by molar-refractivity contribution is 6.28. The Balaban J connectivity index is 1.48. The summed E-state index contributed by atoms with van der Waals surface area (Å²) in [5.41, 5.74) is -6.25. The van der Waals surface area contributed by atoms with E-state index in [0.29, 0.717) is 12.0 Å². The number of Topliss-reactive ketones (excluding diaryl/α,β-unsaturated/α-hetero) is 2. The number of benzene rings is 2. The van der Waals surface area contributed by atoms with Crippen LogP contribution >= 0.6 is 0 Å². The van der Waals surface area contributed by atoms with Crippen LogP contribution in [0.25, 0.3) is 10.8 Å². The van der Waals surface area contributed by atoms with Crippen molar-refractivity contribution in [3.05, 3.63) is 34.4 Å². The lowest BCUT2D eigenvalue weighted by Gasteiger charge is -2.47. The number of carbonyl (C=O) groups is 4. The molecule has 40 heavy (non-hydrogen) atoms. The number of aliphatic hydroxyl groups excluding tert-OH is 1. The van der Waals surface area contributed by atoms with Crippen molar-refractivity contribution in [1.82, 2.24) is 4.90 Å².